The number of aliphatic hydroxyl groups excluding tert-OH is 1. The van der Waals surface area contributed by atoms with Crippen molar-refractivity contribution in [3.63, 3.8) is 0 Å². The molecule has 0 spiro atoms. The van der Waals surface area contributed by atoms with Gasteiger partial charge in [-0.2, -0.15) is 0 Å². The molecule has 0 saturated carbocycles. The lowest BCUT2D eigenvalue weighted by Crippen LogP contribution is -2.30. The van der Waals surface area contributed by atoms with Crippen molar-refractivity contribution in [3.05, 3.63) is 0 Å². The van der Waals surface area contributed by atoms with Gasteiger partial charge in [-0.15, -0.1) is 0 Å². The number of hydrogen-bond acceptors (Lipinski definition) is 15. The van der Waals surface area contributed by atoms with E-state index in [-0.39, 0.29) is 25.7 Å². The third kappa shape index (κ3) is 72.4. The maximum Gasteiger partial charge on any atom is 0.472 e. The SMILES string of the molecule is CCCCCCCCCCCCCCCCCCCCCCCCC(=O)OC[C@H](COP(=O)(O)OC[C@@H](O)COP(=O)(O)OC[C@@H](COC(=O)CCCCCCC)OC(=O)CCCCCCCCCCC)OC(=O)CCCCCCCCCCCCCCCCCCCCCCCC. The van der Waals surface area contributed by atoms with E-state index >= 15 is 0 Å². The maximum absolute atomic E-state index is 13.1. The Morgan fingerprint density at radius 3 is 0.602 bits per heavy atom. The van der Waals surface area contributed by atoms with E-state index in [0.717, 1.165) is 96.3 Å². The van der Waals surface area contributed by atoms with Gasteiger partial charge in [0.15, 0.2) is 12.2 Å². The zero-order valence-electron chi connectivity index (χ0n) is 63.8. The van der Waals surface area contributed by atoms with Crippen LogP contribution in [0, 0.1) is 0 Å². The molecule has 19 heteroatoms. The minimum atomic E-state index is -4.96. The summed E-state index contributed by atoms with van der Waals surface area (Å²) in [5.74, 6) is -2.13. The van der Waals surface area contributed by atoms with Gasteiger partial charge in [-0.05, 0) is 25.7 Å². The van der Waals surface area contributed by atoms with Gasteiger partial charge in [-0.3, -0.25) is 37.3 Å². The molecule has 0 aliphatic rings. The molecular weight excluding hydrogens is 1280 g/mol. The Morgan fingerprint density at radius 2 is 0.408 bits per heavy atom. The summed E-state index contributed by atoms with van der Waals surface area (Å²) in [5, 5.41) is 10.6. The fourth-order valence-corrected chi connectivity index (χ4v) is 13.9. The number of phosphoric ester groups is 2. The molecule has 0 saturated heterocycles. The Balaban J connectivity index is 5.05. The molecule has 0 amide bonds. The van der Waals surface area contributed by atoms with Crippen LogP contribution in [0.15, 0.2) is 0 Å². The summed E-state index contributed by atoms with van der Waals surface area (Å²) in [6.45, 7) is 4.88. The van der Waals surface area contributed by atoms with E-state index in [1.807, 2.05) is 0 Å². The maximum atomic E-state index is 13.1. The number of esters is 4. The molecule has 98 heavy (non-hydrogen) atoms. The number of phosphoric acid groups is 2. The number of hydrogen-bond donors (Lipinski definition) is 3. The van der Waals surface area contributed by atoms with Crippen LogP contribution in [0.1, 0.15) is 426 Å². The van der Waals surface area contributed by atoms with Crippen LogP contribution in [0.2, 0.25) is 0 Å². The van der Waals surface area contributed by atoms with Crippen LogP contribution >= 0.6 is 15.6 Å². The van der Waals surface area contributed by atoms with Crippen molar-refractivity contribution in [1.82, 2.24) is 0 Å². The van der Waals surface area contributed by atoms with Gasteiger partial charge in [0.05, 0.1) is 26.4 Å². The fraction of sp³-hybridized carbons (Fsp3) is 0.949. The van der Waals surface area contributed by atoms with Crippen molar-refractivity contribution in [2.75, 3.05) is 39.6 Å². The van der Waals surface area contributed by atoms with E-state index in [1.165, 1.54) is 250 Å². The highest BCUT2D eigenvalue weighted by Gasteiger charge is 2.30. The molecule has 582 valence electrons. The van der Waals surface area contributed by atoms with E-state index in [4.69, 9.17) is 37.0 Å². The zero-order chi connectivity index (χ0) is 71.8. The number of rotatable bonds is 80. The van der Waals surface area contributed by atoms with Crippen LogP contribution in [0.4, 0.5) is 0 Å². The lowest BCUT2D eigenvalue weighted by molar-refractivity contribution is -0.161. The first-order valence-corrected chi connectivity index (χ1v) is 44.3. The van der Waals surface area contributed by atoms with E-state index in [9.17, 15) is 43.2 Å². The normalized spacial score (nSPS) is 13.8. The van der Waals surface area contributed by atoms with Gasteiger partial charge in [0, 0.05) is 25.7 Å². The molecule has 0 radical (unpaired) electrons. The van der Waals surface area contributed by atoms with Crippen LogP contribution in [-0.4, -0.2) is 96.7 Å². The molecule has 0 aromatic heterocycles. The Morgan fingerprint density at radius 1 is 0.245 bits per heavy atom. The van der Waals surface area contributed by atoms with Gasteiger partial charge >= 0.3 is 39.5 Å². The lowest BCUT2D eigenvalue weighted by Gasteiger charge is -2.21. The fourth-order valence-electron chi connectivity index (χ4n) is 12.3. The molecule has 0 aliphatic carbocycles. The van der Waals surface area contributed by atoms with Gasteiger partial charge < -0.3 is 33.8 Å². The highest BCUT2D eigenvalue weighted by molar-refractivity contribution is 7.47. The molecule has 0 aliphatic heterocycles. The monoisotopic (exact) mass is 1440 g/mol. The van der Waals surface area contributed by atoms with E-state index in [2.05, 4.69) is 27.7 Å². The van der Waals surface area contributed by atoms with Crippen LogP contribution in [-0.2, 0) is 65.4 Å². The summed E-state index contributed by atoms with van der Waals surface area (Å²) < 4.78 is 68.3. The van der Waals surface area contributed by atoms with Gasteiger partial charge in [-0.25, -0.2) is 9.13 Å². The minimum absolute atomic E-state index is 0.105. The largest absolute Gasteiger partial charge is 0.472 e. The summed E-state index contributed by atoms with van der Waals surface area (Å²) in [5.41, 5.74) is 0. The summed E-state index contributed by atoms with van der Waals surface area (Å²) in [6, 6.07) is 0. The average Bonchev–Trinajstić information content (AvgIpc) is 1.04. The van der Waals surface area contributed by atoms with E-state index in [0.29, 0.717) is 25.7 Å². The summed E-state index contributed by atoms with van der Waals surface area (Å²) in [6.07, 6.45) is 66.1. The first-order chi connectivity index (χ1) is 47.7. The smallest absolute Gasteiger partial charge is 0.462 e. The van der Waals surface area contributed by atoms with Crippen molar-refractivity contribution >= 4 is 39.5 Å². The molecule has 5 atom stereocenters. The third-order valence-electron chi connectivity index (χ3n) is 18.6. The molecule has 2 unspecified atom stereocenters. The van der Waals surface area contributed by atoms with Crippen molar-refractivity contribution in [2.24, 2.45) is 0 Å². The predicted molar refractivity (Wildman–Crippen MR) is 400 cm³/mol. The standard InChI is InChI=1S/C79H154O17P2/c1-5-9-13-17-20-23-25-27-29-31-33-35-37-39-41-43-45-47-50-52-56-60-64-77(82)90-70-75(96-79(84)66-62-58-54-51-48-46-44-42-40-38-36-34-32-30-28-26-24-21-18-14-10-6-2)72-94-98(87,88)92-68-73(80)67-91-97(85,86)93-71-74(69-89-76(81)63-59-55-16-12-8-4)95-78(83)65-61-57-53-49-22-19-15-11-7-3/h73-75,80H,5-72H2,1-4H3,(H,85,86)(H,87,88)/t73-,74+,75+/m0/s1. The number of carbonyl (C=O) groups is 4. The Labute approximate surface area is 600 Å². The van der Waals surface area contributed by atoms with Gasteiger partial charge in [0.25, 0.3) is 0 Å². The second kappa shape index (κ2) is 73.4. The summed E-state index contributed by atoms with van der Waals surface area (Å²) >= 11 is 0. The lowest BCUT2D eigenvalue weighted by atomic mass is 10.0. The van der Waals surface area contributed by atoms with Crippen LogP contribution < -0.4 is 0 Å². The van der Waals surface area contributed by atoms with Gasteiger partial charge in [0.1, 0.15) is 19.3 Å². The molecule has 3 N–H and O–H groups in total. The van der Waals surface area contributed by atoms with Crippen molar-refractivity contribution in [1.29, 1.82) is 0 Å². The molecule has 0 bridgehead atoms. The van der Waals surface area contributed by atoms with Crippen molar-refractivity contribution in [2.45, 2.75) is 444 Å². The van der Waals surface area contributed by atoms with E-state index < -0.39 is 97.5 Å². The molecule has 0 fully saturated rings. The van der Waals surface area contributed by atoms with Crippen LogP contribution in [0.5, 0.6) is 0 Å². The number of carbonyl (C=O) groups excluding carboxylic acids is 4. The van der Waals surface area contributed by atoms with Crippen LogP contribution in [0.3, 0.4) is 0 Å². The summed E-state index contributed by atoms with van der Waals surface area (Å²) in [7, 11) is -9.90. The summed E-state index contributed by atoms with van der Waals surface area (Å²) in [4.78, 5) is 72.5. The average molecular weight is 1440 g/mol. The second-order valence-electron chi connectivity index (χ2n) is 28.5. The third-order valence-corrected chi connectivity index (χ3v) is 20.5. The zero-order valence-corrected chi connectivity index (χ0v) is 65.6. The van der Waals surface area contributed by atoms with Crippen molar-refractivity contribution in [3.8, 4) is 0 Å². The van der Waals surface area contributed by atoms with Gasteiger partial charge in [0.2, 0.25) is 0 Å². The topological polar surface area (TPSA) is 237 Å². The molecule has 0 rings (SSSR count). The first kappa shape index (κ1) is 96.1. The highest BCUT2D eigenvalue weighted by Crippen LogP contribution is 2.45. The molecule has 0 heterocycles. The van der Waals surface area contributed by atoms with Crippen molar-refractivity contribution < 1.29 is 80.2 Å². The molecule has 0 aromatic carbocycles. The Hall–Kier alpha value is -1.94. The predicted octanol–water partition coefficient (Wildman–Crippen LogP) is 23.8. The van der Waals surface area contributed by atoms with Gasteiger partial charge in [-0.1, -0.05) is 374 Å². The quantitative estimate of drug-likeness (QED) is 0.0222. The second-order valence-corrected chi connectivity index (χ2v) is 31.4. The highest BCUT2D eigenvalue weighted by atomic mass is 31.2. The minimum Gasteiger partial charge on any atom is -0.462 e. The number of aliphatic hydroxyl groups is 1. The first-order valence-electron chi connectivity index (χ1n) is 41.3. The molecule has 0 aromatic rings. The Bertz CT molecular complexity index is 1860. The Kier molecular flexibility index (Phi) is 71.9. The molecule has 17 nitrogen and oxygen atoms in total. The number of ether oxygens (including phenoxy) is 4. The number of unbranched alkanes of at least 4 members (excludes halogenated alkanes) is 54. The van der Waals surface area contributed by atoms with Crippen LogP contribution in [0.25, 0.3) is 0 Å². The molecular formula is C79H154O17P2. The van der Waals surface area contributed by atoms with E-state index in [1.54, 1.807) is 0 Å².